The normalized spacial score (nSPS) is 10.9. The molecule has 0 saturated carbocycles. The fraction of sp³-hybridized carbons (Fsp3) is 0. The van der Waals surface area contributed by atoms with Crippen LogP contribution < -0.4 is 5.73 Å². The average Bonchev–Trinajstić information content (AvgIpc) is 2.46. The smallest absolute Gasteiger partial charge is 0.159 e. The second-order valence-electron chi connectivity index (χ2n) is 4.25. The summed E-state index contributed by atoms with van der Waals surface area (Å²) < 4.78 is 26.2. The Hall–Kier alpha value is -2.14. The van der Waals surface area contributed by atoms with Crippen LogP contribution in [0.1, 0.15) is 0 Å². The number of aromatic nitrogens is 1. The molecule has 0 aliphatic heterocycles. The second-order valence-corrected chi connectivity index (χ2v) is 5.37. The van der Waals surface area contributed by atoms with Crippen molar-refractivity contribution >= 4 is 28.2 Å². The highest BCUT2D eigenvalue weighted by atomic mass is 32.2. The van der Waals surface area contributed by atoms with Crippen molar-refractivity contribution in [1.29, 1.82) is 0 Å². The van der Waals surface area contributed by atoms with Gasteiger partial charge in [-0.3, -0.25) is 4.98 Å². The van der Waals surface area contributed by atoms with Gasteiger partial charge in [-0.1, -0.05) is 11.8 Å². The Morgan fingerprint density at radius 1 is 0.950 bits per heavy atom. The first-order valence-corrected chi connectivity index (χ1v) is 6.72. The number of nitrogen functional groups attached to an aromatic ring is 1. The third-order valence-corrected chi connectivity index (χ3v) is 4.00. The zero-order chi connectivity index (χ0) is 14.1. The number of hydrogen-bond donors (Lipinski definition) is 1. The van der Waals surface area contributed by atoms with E-state index >= 15 is 0 Å². The average molecular weight is 288 g/mol. The zero-order valence-electron chi connectivity index (χ0n) is 10.3. The lowest BCUT2D eigenvalue weighted by atomic mass is 10.1. The molecule has 1 aromatic heterocycles. The predicted molar refractivity (Wildman–Crippen MR) is 76.6 cm³/mol. The molecule has 2 N–H and O–H groups in total. The van der Waals surface area contributed by atoms with E-state index in [1.807, 2.05) is 12.1 Å². The van der Waals surface area contributed by atoms with Crippen LogP contribution in [0.2, 0.25) is 0 Å². The molecule has 100 valence electrons. The Morgan fingerprint density at radius 2 is 1.80 bits per heavy atom. The highest BCUT2D eigenvalue weighted by Crippen LogP contribution is 2.35. The van der Waals surface area contributed by atoms with Crippen molar-refractivity contribution in [2.45, 2.75) is 9.79 Å². The third kappa shape index (κ3) is 2.32. The van der Waals surface area contributed by atoms with E-state index in [-0.39, 0.29) is 0 Å². The van der Waals surface area contributed by atoms with Gasteiger partial charge in [0, 0.05) is 38.6 Å². The van der Waals surface area contributed by atoms with Crippen LogP contribution in [0.3, 0.4) is 0 Å². The highest BCUT2D eigenvalue weighted by molar-refractivity contribution is 7.99. The molecule has 0 amide bonds. The molecule has 5 heteroatoms. The van der Waals surface area contributed by atoms with Gasteiger partial charge in [-0.2, -0.15) is 0 Å². The van der Waals surface area contributed by atoms with E-state index in [0.717, 1.165) is 21.7 Å². The maximum absolute atomic E-state index is 13.2. The number of nitrogens with two attached hydrogens (primary N) is 1. The number of rotatable bonds is 2. The van der Waals surface area contributed by atoms with Gasteiger partial charge in [0.2, 0.25) is 0 Å². The lowest BCUT2D eigenvalue weighted by molar-refractivity contribution is 0.506. The number of anilines is 1. The van der Waals surface area contributed by atoms with Gasteiger partial charge >= 0.3 is 0 Å². The van der Waals surface area contributed by atoms with E-state index in [0.29, 0.717) is 10.6 Å². The predicted octanol–water partition coefficient (Wildman–Crippen LogP) is 4.25. The van der Waals surface area contributed by atoms with Gasteiger partial charge in [-0.25, -0.2) is 8.78 Å². The van der Waals surface area contributed by atoms with E-state index in [4.69, 9.17) is 5.73 Å². The number of pyridine rings is 1. The molecule has 1 heterocycles. The summed E-state index contributed by atoms with van der Waals surface area (Å²) in [7, 11) is 0. The van der Waals surface area contributed by atoms with E-state index in [9.17, 15) is 8.78 Å². The van der Waals surface area contributed by atoms with E-state index in [1.54, 1.807) is 24.5 Å². The number of halogens is 2. The quantitative estimate of drug-likeness (QED) is 0.717. The molecule has 0 bridgehead atoms. The lowest BCUT2D eigenvalue weighted by Crippen LogP contribution is -1.89. The number of fused-ring (bicyclic) bond motifs is 1. The van der Waals surface area contributed by atoms with Crippen molar-refractivity contribution in [2.75, 3.05) is 5.73 Å². The topological polar surface area (TPSA) is 38.9 Å². The van der Waals surface area contributed by atoms with Crippen LogP contribution in [0.4, 0.5) is 14.5 Å². The molecular formula is C15H10F2N2S. The summed E-state index contributed by atoms with van der Waals surface area (Å²) in [4.78, 5) is 5.60. The molecule has 3 aromatic rings. The van der Waals surface area contributed by atoms with Gasteiger partial charge in [0.15, 0.2) is 11.6 Å². The number of nitrogens with zero attached hydrogens (tertiary/aromatic N) is 1. The van der Waals surface area contributed by atoms with Crippen LogP contribution in [0.15, 0.2) is 58.6 Å². The first-order valence-electron chi connectivity index (χ1n) is 5.90. The van der Waals surface area contributed by atoms with Crippen LogP contribution >= 0.6 is 11.8 Å². The highest BCUT2D eigenvalue weighted by Gasteiger charge is 2.08. The Bertz CT molecular complexity index is 790. The maximum Gasteiger partial charge on any atom is 0.159 e. The molecule has 0 aliphatic rings. The van der Waals surface area contributed by atoms with Gasteiger partial charge in [-0.05, 0) is 36.4 Å². The number of hydrogen-bond acceptors (Lipinski definition) is 3. The first kappa shape index (κ1) is 12.9. The maximum atomic E-state index is 13.2. The summed E-state index contributed by atoms with van der Waals surface area (Å²) in [5.41, 5.74) is 6.55. The Labute approximate surface area is 118 Å². The van der Waals surface area contributed by atoms with Gasteiger partial charge in [0.25, 0.3) is 0 Å². The van der Waals surface area contributed by atoms with Crippen LogP contribution in [0.5, 0.6) is 0 Å². The summed E-state index contributed by atoms with van der Waals surface area (Å²) >= 11 is 1.36. The Kier molecular flexibility index (Phi) is 3.28. The molecule has 20 heavy (non-hydrogen) atoms. The van der Waals surface area contributed by atoms with Crippen LogP contribution in [0, 0.1) is 11.6 Å². The largest absolute Gasteiger partial charge is 0.398 e. The monoisotopic (exact) mass is 288 g/mol. The lowest BCUT2D eigenvalue weighted by Gasteiger charge is -2.08. The fourth-order valence-corrected chi connectivity index (χ4v) is 2.92. The van der Waals surface area contributed by atoms with Crippen LogP contribution in [-0.4, -0.2) is 4.98 Å². The SMILES string of the molecule is Nc1ccc(Sc2ccc(F)c(F)c2)c2ccncc12. The summed E-state index contributed by atoms with van der Waals surface area (Å²) in [5.74, 6) is -1.70. The molecule has 2 nitrogen and oxygen atoms in total. The first-order chi connectivity index (χ1) is 9.65. The van der Waals surface area contributed by atoms with Crippen molar-refractivity contribution in [3.8, 4) is 0 Å². The molecular weight excluding hydrogens is 278 g/mol. The van der Waals surface area contributed by atoms with E-state index in [1.165, 1.54) is 17.8 Å². The van der Waals surface area contributed by atoms with Crippen LogP contribution in [-0.2, 0) is 0 Å². The van der Waals surface area contributed by atoms with Crippen molar-refractivity contribution in [3.63, 3.8) is 0 Å². The molecule has 0 saturated heterocycles. The number of benzene rings is 2. The summed E-state index contributed by atoms with van der Waals surface area (Å²) in [6.07, 6.45) is 3.37. The van der Waals surface area contributed by atoms with E-state index < -0.39 is 11.6 Å². The van der Waals surface area contributed by atoms with Crippen molar-refractivity contribution < 1.29 is 8.78 Å². The van der Waals surface area contributed by atoms with E-state index in [2.05, 4.69) is 4.98 Å². The molecule has 0 fully saturated rings. The molecule has 0 atom stereocenters. The Morgan fingerprint density at radius 3 is 2.60 bits per heavy atom. The molecule has 3 rings (SSSR count). The molecule has 0 aliphatic carbocycles. The van der Waals surface area contributed by atoms with Gasteiger partial charge in [-0.15, -0.1) is 0 Å². The minimum absolute atomic E-state index is 0.631. The van der Waals surface area contributed by atoms with Crippen molar-refractivity contribution in [1.82, 2.24) is 4.98 Å². The van der Waals surface area contributed by atoms with Crippen molar-refractivity contribution in [3.05, 3.63) is 60.4 Å². The van der Waals surface area contributed by atoms with Gasteiger partial charge in [0.05, 0.1) is 0 Å². The van der Waals surface area contributed by atoms with Crippen LogP contribution in [0.25, 0.3) is 10.8 Å². The molecule has 2 aromatic carbocycles. The minimum atomic E-state index is -0.851. The summed E-state index contributed by atoms with van der Waals surface area (Å²) in [6, 6.07) is 9.36. The zero-order valence-corrected chi connectivity index (χ0v) is 11.1. The fourth-order valence-electron chi connectivity index (χ4n) is 1.94. The van der Waals surface area contributed by atoms with Gasteiger partial charge in [0.1, 0.15) is 0 Å². The second kappa shape index (κ2) is 5.09. The van der Waals surface area contributed by atoms with Crippen molar-refractivity contribution in [2.24, 2.45) is 0 Å². The third-order valence-electron chi connectivity index (χ3n) is 2.93. The Balaban J connectivity index is 2.06. The standard InChI is InChI=1S/C15H10F2N2S/c16-12-2-1-9(7-13(12)17)20-15-4-3-14(18)11-8-19-6-5-10(11)15/h1-8H,18H2. The van der Waals surface area contributed by atoms with Gasteiger partial charge < -0.3 is 5.73 Å². The molecule has 0 spiro atoms. The summed E-state index contributed by atoms with van der Waals surface area (Å²) in [5, 5.41) is 1.79. The summed E-state index contributed by atoms with van der Waals surface area (Å²) in [6.45, 7) is 0. The minimum Gasteiger partial charge on any atom is -0.398 e. The molecule has 0 unspecified atom stereocenters. The molecule has 0 radical (unpaired) electrons.